The van der Waals surface area contributed by atoms with Crippen LogP contribution in [-0.4, -0.2) is 17.4 Å². The lowest BCUT2D eigenvalue weighted by molar-refractivity contribution is -0.113. The Bertz CT molecular complexity index is 415. The molecule has 3 nitrogen and oxygen atoms in total. The van der Waals surface area contributed by atoms with Crippen molar-refractivity contribution in [3.8, 4) is 0 Å². The Balaban J connectivity index is 2.42. The van der Waals surface area contributed by atoms with Gasteiger partial charge in [0.05, 0.1) is 11.4 Å². The molecule has 1 aromatic rings. The SMILES string of the molecule is CC(=O)c1ccc2c(c1)NC(=O)CS2. The van der Waals surface area contributed by atoms with Crippen molar-refractivity contribution in [3.05, 3.63) is 23.8 Å². The molecule has 2 rings (SSSR count). The Morgan fingerprint density at radius 3 is 3.00 bits per heavy atom. The number of amides is 1. The molecule has 0 saturated heterocycles. The third-order valence-corrected chi connectivity index (χ3v) is 3.09. The Kier molecular flexibility index (Phi) is 2.29. The fourth-order valence-corrected chi connectivity index (χ4v) is 2.09. The summed E-state index contributed by atoms with van der Waals surface area (Å²) in [7, 11) is 0. The van der Waals surface area contributed by atoms with Gasteiger partial charge in [0.1, 0.15) is 0 Å². The van der Waals surface area contributed by atoms with Gasteiger partial charge in [-0.15, -0.1) is 11.8 Å². The summed E-state index contributed by atoms with van der Waals surface area (Å²) in [6.07, 6.45) is 0. The van der Waals surface area contributed by atoms with E-state index in [-0.39, 0.29) is 11.7 Å². The molecule has 0 fully saturated rings. The first-order valence-electron chi connectivity index (χ1n) is 4.24. The van der Waals surface area contributed by atoms with Gasteiger partial charge >= 0.3 is 0 Å². The van der Waals surface area contributed by atoms with Gasteiger partial charge in [0, 0.05) is 10.5 Å². The first kappa shape index (κ1) is 9.27. The molecule has 0 radical (unpaired) electrons. The van der Waals surface area contributed by atoms with Gasteiger partial charge in [0.25, 0.3) is 0 Å². The lowest BCUT2D eigenvalue weighted by Gasteiger charge is -2.16. The predicted octanol–water partition coefficient (Wildman–Crippen LogP) is 1.93. The summed E-state index contributed by atoms with van der Waals surface area (Å²) in [6, 6.07) is 5.38. The van der Waals surface area contributed by atoms with Gasteiger partial charge in [-0.2, -0.15) is 0 Å². The summed E-state index contributed by atoms with van der Waals surface area (Å²) < 4.78 is 0. The second-order valence-corrected chi connectivity index (χ2v) is 4.12. The molecule has 1 N–H and O–H groups in total. The topological polar surface area (TPSA) is 46.2 Å². The van der Waals surface area contributed by atoms with Crippen LogP contribution in [0.5, 0.6) is 0 Å². The third kappa shape index (κ3) is 1.65. The van der Waals surface area contributed by atoms with E-state index in [1.54, 1.807) is 12.1 Å². The smallest absolute Gasteiger partial charge is 0.234 e. The lowest BCUT2D eigenvalue weighted by atomic mass is 10.1. The maximum absolute atomic E-state index is 11.1. The van der Waals surface area contributed by atoms with Gasteiger partial charge in [-0.3, -0.25) is 9.59 Å². The summed E-state index contributed by atoms with van der Waals surface area (Å²) in [6.45, 7) is 1.51. The number of fused-ring (bicyclic) bond motifs is 1. The quantitative estimate of drug-likeness (QED) is 0.716. The number of anilines is 1. The number of hydrogen-bond acceptors (Lipinski definition) is 3. The number of carbonyl (C=O) groups excluding carboxylic acids is 2. The monoisotopic (exact) mass is 207 g/mol. The van der Waals surface area contributed by atoms with E-state index in [4.69, 9.17) is 0 Å². The van der Waals surface area contributed by atoms with Crippen LogP contribution in [0.2, 0.25) is 0 Å². The largest absolute Gasteiger partial charge is 0.324 e. The number of benzene rings is 1. The molecule has 1 heterocycles. The summed E-state index contributed by atoms with van der Waals surface area (Å²) >= 11 is 1.49. The molecule has 14 heavy (non-hydrogen) atoms. The van der Waals surface area contributed by atoms with Gasteiger partial charge in [0.15, 0.2) is 5.78 Å². The number of Topliss-reactive ketones (excluding diaryl/α,β-unsaturated/α-hetero) is 1. The van der Waals surface area contributed by atoms with Crippen LogP contribution in [0.25, 0.3) is 0 Å². The van der Waals surface area contributed by atoms with E-state index in [9.17, 15) is 9.59 Å². The molecule has 0 unspecified atom stereocenters. The minimum absolute atomic E-state index is 0.0109. The van der Waals surface area contributed by atoms with E-state index in [1.807, 2.05) is 6.07 Å². The van der Waals surface area contributed by atoms with Crippen molar-refractivity contribution in [3.63, 3.8) is 0 Å². The molecule has 1 aromatic carbocycles. The Hall–Kier alpha value is -1.29. The Morgan fingerprint density at radius 2 is 2.29 bits per heavy atom. The zero-order valence-corrected chi connectivity index (χ0v) is 8.48. The minimum atomic E-state index is -0.0109. The number of ketones is 1. The van der Waals surface area contributed by atoms with E-state index in [2.05, 4.69) is 5.32 Å². The van der Waals surface area contributed by atoms with Gasteiger partial charge in [-0.1, -0.05) is 6.07 Å². The Labute approximate surface area is 85.9 Å². The van der Waals surface area contributed by atoms with Gasteiger partial charge in [-0.05, 0) is 19.1 Å². The van der Waals surface area contributed by atoms with Crippen LogP contribution >= 0.6 is 11.8 Å². The average Bonchev–Trinajstić information content (AvgIpc) is 2.16. The molecular formula is C10H9NO2S. The van der Waals surface area contributed by atoms with E-state index >= 15 is 0 Å². The second-order valence-electron chi connectivity index (χ2n) is 3.10. The van der Waals surface area contributed by atoms with Gasteiger partial charge in [0.2, 0.25) is 5.91 Å². The minimum Gasteiger partial charge on any atom is -0.324 e. The molecule has 0 saturated carbocycles. The van der Waals surface area contributed by atoms with Crippen molar-refractivity contribution in [1.82, 2.24) is 0 Å². The molecule has 0 atom stereocenters. The van der Waals surface area contributed by atoms with Crippen LogP contribution in [0.4, 0.5) is 5.69 Å². The van der Waals surface area contributed by atoms with Crippen LogP contribution in [0.3, 0.4) is 0 Å². The highest BCUT2D eigenvalue weighted by molar-refractivity contribution is 8.00. The standard InChI is InChI=1S/C10H9NO2S/c1-6(12)7-2-3-9-8(4-7)11-10(13)5-14-9/h2-4H,5H2,1H3,(H,11,13). The summed E-state index contributed by atoms with van der Waals surface area (Å²) in [4.78, 5) is 23.2. The Morgan fingerprint density at radius 1 is 1.50 bits per heavy atom. The summed E-state index contributed by atoms with van der Waals surface area (Å²) in [5, 5.41) is 2.74. The van der Waals surface area contributed by atoms with Crippen molar-refractivity contribution in [2.45, 2.75) is 11.8 Å². The van der Waals surface area contributed by atoms with Crippen molar-refractivity contribution in [2.75, 3.05) is 11.1 Å². The van der Waals surface area contributed by atoms with Crippen LogP contribution in [0.1, 0.15) is 17.3 Å². The van der Waals surface area contributed by atoms with Crippen LogP contribution in [-0.2, 0) is 4.79 Å². The van der Waals surface area contributed by atoms with Crippen molar-refractivity contribution >= 4 is 29.1 Å². The zero-order chi connectivity index (χ0) is 10.1. The van der Waals surface area contributed by atoms with Crippen molar-refractivity contribution < 1.29 is 9.59 Å². The molecule has 0 aromatic heterocycles. The number of rotatable bonds is 1. The molecule has 0 bridgehead atoms. The predicted molar refractivity (Wildman–Crippen MR) is 55.8 cm³/mol. The first-order valence-corrected chi connectivity index (χ1v) is 5.23. The summed E-state index contributed by atoms with van der Waals surface area (Å²) in [5.74, 6) is 0.452. The summed E-state index contributed by atoms with van der Waals surface area (Å²) in [5.41, 5.74) is 1.38. The maximum Gasteiger partial charge on any atom is 0.234 e. The fraction of sp³-hybridized carbons (Fsp3) is 0.200. The first-order chi connectivity index (χ1) is 6.66. The third-order valence-electron chi connectivity index (χ3n) is 2.02. The second kappa shape index (κ2) is 3.46. The lowest BCUT2D eigenvalue weighted by Crippen LogP contribution is -2.18. The molecule has 1 aliphatic heterocycles. The molecule has 0 spiro atoms. The van der Waals surface area contributed by atoms with Crippen molar-refractivity contribution in [1.29, 1.82) is 0 Å². The molecule has 4 heteroatoms. The fourth-order valence-electron chi connectivity index (χ4n) is 1.30. The number of thioether (sulfide) groups is 1. The average molecular weight is 207 g/mol. The zero-order valence-electron chi connectivity index (χ0n) is 7.66. The van der Waals surface area contributed by atoms with Crippen LogP contribution in [0.15, 0.2) is 23.1 Å². The highest BCUT2D eigenvalue weighted by Gasteiger charge is 2.15. The number of hydrogen-bond donors (Lipinski definition) is 1. The van der Waals surface area contributed by atoms with E-state index in [0.29, 0.717) is 11.3 Å². The van der Waals surface area contributed by atoms with Gasteiger partial charge < -0.3 is 5.32 Å². The van der Waals surface area contributed by atoms with E-state index < -0.39 is 0 Å². The molecular weight excluding hydrogens is 198 g/mol. The van der Waals surface area contributed by atoms with E-state index in [0.717, 1.165) is 10.6 Å². The molecule has 0 aliphatic carbocycles. The highest BCUT2D eigenvalue weighted by Crippen LogP contribution is 2.31. The number of nitrogens with one attached hydrogen (secondary N) is 1. The normalized spacial score (nSPS) is 14.5. The van der Waals surface area contributed by atoms with Crippen molar-refractivity contribution in [2.24, 2.45) is 0 Å². The van der Waals surface area contributed by atoms with Crippen LogP contribution < -0.4 is 5.32 Å². The van der Waals surface area contributed by atoms with Crippen LogP contribution in [0, 0.1) is 0 Å². The molecule has 1 amide bonds. The van der Waals surface area contributed by atoms with E-state index in [1.165, 1.54) is 18.7 Å². The molecule has 72 valence electrons. The highest BCUT2D eigenvalue weighted by atomic mass is 32.2. The van der Waals surface area contributed by atoms with Gasteiger partial charge in [-0.25, -0.2) is 0 Å². The number of carbonyl (C=O) groups is 2. The maximum atomic E-state index is 11.1. The molecule has 1 aliphatic rings.